The second-order valence-electron chi connectivity index (χ2n) is 3.76. The monoisotopic (exact) mass is 230 g/mol. The zero-order chi connectivity index (χ0) is 12.6. The number of rotatable bonds is 8. The summed E-state index contributed by atoms with van der Waals surface area (Å²) in [4.78, 5) is 12.4. The Bertz CT molecular complexity index is 260. The molecule has 2 N–H and O–H groups in total. The van der Waals surface area contributed by atoms with Crippen LogP contribution in [-0.2, 0) is 9.53 Å². The lowest BCUT2D eigenvalue weighted by Crippen LogP contribution is -2.47. The van der Waals surface area contributed by atoms with E-state index in [1.165, 1.54) is 14.0 Å². The summed E-state index contributed by atoms with van der Waals surface area (Å²) in [5.41, 5.74) is -1.80. The number of aliphatic carboxylic acids is 1. The number of carboxylic acid groups (broad SMARTS) is 1. The average Bonchev–Trinajstić information content (AvgIpc) is 2.21. The van der Waals surface area contributed by atoms with E-state index in [0.717, 1.165) is 0 Å². The van der Waals surface area contributed by atoms with Crippen LogP contribution in [0.1, 0.15) is 13.3 Å². The Morgan fingerprint density at radius 2 is 2.19 bits per heavy atom. The highest BCUT2D eigenvalue weighted by molar-refractivity contribution is 5.76. The second kappa shape index (κ2) is 7.17. The van der Waals surface area contributed by atoms with Crippen molar-refractivity contribution in [2.45, 2.75) is 18.9 Å². The Kier molecular flexibility index (Phi) is 6.65. The maximum Gasteiger partial charge on any atom is 0.336 e. The van der Waals surface area contributed by atoms with Gasteiger partial charge in [0.15, 0.2) is 5.60 Å². The lowest BCUT2D eigenvalue weighted by Gasteiger charge is -2.27. The van der Waals surface area contributed by atoms with Crippen LogP contribution in [0.25, 0.3) is 0 Å². The van der Waals surface area contributed by atoms with E-state index in [1.54, 1.807) is 4.90 Å². The summed E-state index contributed by atoms with van der Waals surface area (Å²) in [7, 11) is 1.54. The highest BCUT2D eigenvalue weighted by Gasteiger charge is 2.31. The van der Waals surface area contributed by atoms with Gasteiger partial charge in [0.25, 0.3) is 0 Å². The first kappa shape index (κ1) is 14.8. The van der Waals surface area contributed by atoms with Crippen LogP contribution in [0.5, 0.6) is 0 Å². The van der Waals surface area contributed by atoms with Gasteiger partial charge in [-0.05, 0) is 6.92 Å². The molecule has 92 valence electrons. The molecule has 0 saturated heterocycles. The normalized spacial score (nSPS) is 14.4. The first-order valence-corrected chi connectivity index (χ1v) is 4.98. The maximum absolute atomic E-state index is 10.7. The molecule has 0 radical (unpaired) electrons. The predicted octanol–water partition coefficient (Wildman–Crippen LogP) is -0.316. The number of carbonyl (C=O) groups is 1. The second-order valence-corrected chi connectivity index (χ2v) is 3.76. The minimum absolute atomic E-state index is 0.0205. The molecule has 0 bridgehead atoms. The van der Waals surface area contributed by atoms with Gasteiger partial charge in [-0.15, -0.1) is 0 Å². The summed E-state index contributed by atoms with van der Waals surface area (Å²) >= 11 is 0. The molecular formula is C10H18N2O4. The molecule has 16 heavy (non-hydrogen) atoms. The van der Waals surface area contributed by atoms with E-state index in [2.05, 4.69) is 0 Å². The molecule has 0 heterocycles. The van der Waals surface area contributed by atoms with E-state index >= 15 is 0 Å². The van der Waals surface area contributed by atoms with Gasteiger partial charge >= 0.3 is 5.97 Å². The van der Waals surface area contributed by atoms with E-state index in [0.29, 0.717) is 26.1 Å². The zero-order valence-corrected chi connectivity index (χ0v) is 9.64. The summed E-state index contributed by atoms with van der Waals surface area (Å²) in [5, 5.41) is 26.8. The fraction of sp³-hybridized carbons (Fsp3) is 0.800. The van der Waals surface area contributed by atoms with Crippen molar-refractivity contribution in [3.63, 3.8) is 0 Å². The molecule has 6 nitrogen and oxygen atoms in total. The molecular weight excluding hydrogens is 212 g/mol. The van der Waals surface area contributed by atoms with Crippen LogP contribution in [0.15, 0.2) is 0 Å². The van der Waals surface area contributed by atoms with Crippen LogP contribution in [-0.4, -0.2) is 60.0 Å². The molecule has 0 aromatic heterocycles. The van der Waals surface area contributed by atoms with E-state index in [9.17, 15) is 9.90 Å². The van der Waals surface area contributed by atoms with Crippen LogP contribution in [0.4, 0.5) is 0 Å². The van der Waals surface area contributed by atoms with Crippen molar-refractivity contribution in [3.8, 4) is 6.07 Å². The van der Waals surface area contributed by atoms with Crippen molar-refractivity contribution in [1.82, 2.24) is 4.90 Å². The molecule has 0 aliphatic heterocycles. The number of hydrogen-bond acceptors (Lipinski definition) is 5. The minimum Gasteiger partial charge on any atom is -0.479 e. The summed E-state index contributed by atoms with van der Waals surface area (Å²) in [6.45, 7) is 2.56. The Labute approximate surface area is 95.0 Å². The van der Waals surface area contributed by atoms with Gasteiger partial charge in [0.1, 0.15) is 0 Å². The molecule has 6 heteroatoms. The lowest BCUT2D eigenvalue weighted by atomic mass is 10.1. The van der Waals surface area contributed by atoms with Crippen molar-refractivity contribution >= 4 is 5.97 Å². The average molecular weight is 230 g/mol. The van der Waals surface area contributed by atoms with Crippen LogP contribution in [0.3, 0.4) is 0 Å². The van der Waals surface area contributed by atoms with E-state index < -0.39 is 11.6 Å². The Balaban J connectivity index is 4.29. The van der Waals surface area contributed by atoms with Crippen molar-refractivity contribution in [1.29, 1.82) is 5.26 Å². The fourth-order valence-electron chi connectivity index (χ4n) is 1.20. The van der Waals surface area contributed by atoms with Crippen LogP contribution >= 0.6 is 0 Å². The summed E-state index contributed by atoms with van der Waals surface area (Å²) in [6, 6.07) is 1.98. The zero-order valence-electron chi connectivity index (χ0n) is 9.64. The van der Waals surface area contributed by atoms with Gasteiger partial charge in [-0.25, -0.2) is 4.79 Å². The molecule has 0 aromatic rings. The quantitative estimate of drug-likeness (QED) is 0.593. The summed E-state index contributed by atoms with van der Waals surface area (Å²) < 4.78 is 4.87. The largest absolute Gasteiger partial charge is 0.479 e. The third-order valence-electron chi connectivity index (χ3n) is 2.14. The van der Waals surface area contributed by atoms with Gasteiger partial charge < -0.3 is 14.9 Å². The van der Waals surface area contributed by atoms with Gasteiger partial charge in [0.05, 0.1) is 12.7 Å². The minimum atomic E-state index is -1.80. The number of aliphatic hydroxyl groups is 1. The van der Waals surface area contributed by atoms with Crippen LogP contribution < -0.4 is 0 Å². The van der Waals surface area contributed by atoms with Crippen LogP contribution in [0.2, 0.25) is 0 Å². The third kappa shape index (κ3) is 5.66. The Hall–Kier alpha value is -1.16. The molecule has 1 atom stereocenters. The van der Waals surface area contributed by atoms with Gasteiger partial charge in [-0.3, -0.25) is 4.90 Å². The lowest BCUT2D eigenvalue weighted by molar-refractivity contribution is -0.158. The molecule has 0 spiro atoms. The smallest absolute Gasteiger partial charge is 0.336 e. The molecule has 0 fully saturated rings. The predicted molar refractivity (Wildman–Crippen MR) is 56.8 cm³/mol. The van der Waals surface area contributed by atoms with E-state index in [1.807, 2.05) is 6.07 Å². The van der Waals surface area contributed by atoms with Crippen molar-refractivity contribution in [2.24, 2.45) is 0 Å². The number of methoxy groups -OCH3 is 1. The first-order valence-electron chi connectivity index (χ1n) is 4.98. The van der Waals surface area contributed by atoms with Crippen molar-refractivity contribution in [3.05, 3.63) is 0 Å². The molecule has 0 aromatic carbocycles. The van der Waals surface area contributed by atoms with Gasteiger partial charge in [-0.1, -0.05) is 0 Å². The standard InChI is InChI=1S/C10H18N2O4/c1-10(15,9(13)14)8-12(5-3-4-11)6-7-16-2/h15H,3,5-8H2,1-2H3,(H,13,14). The highest BCUT2D eigenvalue weighted by Crippen LogP contribution is 2.07. The molecule has 0 amide bonds. The maximum atomic E-state index is 10.7. The summed E-state index contributed by atoms with van der Waals surface area (Å²) in [6.07, 6.45) is 0.291. The van der Waals surface area contributed by atoms with Crippen molar-refractivity contribution in [2.75, 3.05) is 33.4 Å². The molecule has 0 aliphatic carbocycles. The van der Waals surface area contributed by atoms with E-state index in [-0.39, 0.29) is 6.54 Å². The van der Waals surface area contributed by atoms with Crippen LogP contribution in [0, 0.1) is 11.3 Å². The molecule has 0 aliphatic rings. The number of carboxylic acids is 1. The SMILES string of the molecule is COCCN(CCC#N)CC(C)(O)C(=O)O. The number of ether oxygens (including phenoxy) is 1. The molecule has 0 saturated carbocycles. The third-order valence-corrected chi connectivity index (χ3v) is 2.14. The molecule has 1 unspecified atom stereocenters. The Morgan fingerprint density at radius 3 is 2.62 bits per heavy atom. The topological polar surface area (TPSA) is 93.8 Å². The first-order chi connectivity index (χ1) is 7.44. The van der Waals surface area contributed by atoms with E-state index in [4.69, 9.17) is 15.1 Å². The van der Waals surface area contributed by atoms with Gasteiger partial charge in [0, 0.05) is 33.2 Å². The number of nitriles is 1. The molecule has 0 rings (SSSR count). The highest BCUT2D eigenvalue weighted by atomic mass is 16.5. The van der Waals surface area contributed by atoms with Gasteiger partial charge in [-0.2, -0.15) is 5.26 Å². The number of hydrogen-bond donors (Lipinski definition) is 2. The fourth-order valence-corrected chi connectivity index (χ4v) is 1.20. The summed E-state index contributed by atoms with van der Waals surface area (Å²) in [5.74, 6) is -1.27. The van der Waals surface area contributed by atoms with Gasteiger partial charge in [0.2, 0.25) is 0 Å². The van der Waals surface area contributed by atoms with Crippen molar-refractivity contribution < 1.29 is 19.7 Å². The number of nitrogens with zero attached hydrogens (tertiary/aromatic N) is 2. The Morgan fingerprint density at radius 1 is 1.56 bits per heavy atom.